The zero-order chi connectivity index (χ0) is 22.2. The van der Waals surface area contributed by atoms with E-state index in [1.165, 1.54) is 10.4 Å². The number of carboxylic acid groups (broad SMARTS) is 1. The summed E-state index contributed by atoms with van der Waals surface area (Å²) in [5, 5.41) is 10.0. The van der Waals surface area contributed by atoms with E-state index >= 15 is 0 Å². The fourth-order valence-electron chi connectivity index (χ4n) is 3.96. The van der Waals surface area contributed by atoms with Crippen molar-refractivity contribution in [2.45, 2.75) is 44.2 Å². The van der Waals surface area contributed by atoms with Crippen molar-refractivity contribution in [2.24, 2.45) is 0 Å². The molecule has 6 nitrogen and oxygen atoms in total. The molecule has 1 saturated heterocycles. The number of benzene rings is 2. The Morgan fingerprint density at radius 3 is 2.27 bits per heavy atom. The van der Waals surface area contributed by atoms with Crippen molar-refractivity contribution in [3.05, 3.63) is 57.6 Å². The van der Waals surface area contributed by atoms with Gasteiger partial charge in [0.05, 0.1) is 21.4 Å². The van der Waals surface area contributed by atoms with E-state index < -0.39 is 16.0 Å². The van der Waals surface area contributed by atoms with Crippen LogP contribution in [0.25, 0.3) is 0 Å². The van der Waals surface area contributed by atoms with Gasteiger partial charge in [0.2, 0.25) is 10.0 Å². The predicted octanol–water partition coefficient (Wildman–Crippen LogP) is 4.22. The minimum atomic E-state index is -3.79. The third kappa shape index (κ3) is 4.59. The quantitative estimate of drug-likeness (QED) is 0.707. The number of hydrogen-bond acceptors (Lipinski definition) is 4. The maximum atomic E-state index is 13.4. The molecule has 0 amide bonds. The van der Waals surface area contributed by atoms with Gasteiger partial charge in [-0.1, -0.05) is 29.3 Å². The number of aliphatic carboxylic acids is 1. The number of carbonyl (C=O) groups is 1. The van der Waals surface area contributed by atoms with E-state index in [1.54, 1.807) is 31.2 Å². The molecule has 0 radical (unpaired) electrons. The van der Waals surface area contributed by atoms with Crippen LogP contribution < -0.4 is 4.90 Å². The summed E-state index contributed by atoms with van der Waals surface area (Å²) < 4.78 is 28.4. The van der Waals surface area contributed by atoms with Gasteiger partial charge in [-0.25, -0.2) is 8.42 Å². The van der Waals surface area contributed by atoms with Crippen LogP contribution in [0.15, 0.2) is 41.3 Å². The summed E-state index contributed by atoms with van der Waals surface area (Å²) >= 11 is 12.2. The van der Waals surface area contributed by atoms with Crippen LogP contribution in [0.5, 0.6) is 0 Å². The molecule has 2 unspecified atom stereocenters. The summed E-state index contributed by atoms with van der Waals surface area (Å²) in [5.74, 6) is -0.996. The second-order valence-electron chi connectivity index (χ2n) is 7.70. The van der Waals surface area contributed by atoms with Gasteiger partial charge in [-0.3, -0.25) is 4.79 Å². The van der Waals surface area contributed by atoms with Crippen LogP contribution in [-0.2, 0) is 21.2 Å². The molecule has 1 aliphatic rings. The lowest BCUT2D eigenvalue weighted by atomic mass is 10.1. The topological polar surface area (TPSA) is 77.9 Å². The summed E-state index contributed by atoms with van der Waals surface area (Å²) in [6.45, 7) is 6.49. The average Bonchev–Trinajstić information content (AvgIpc) is 2.64. The number of rotatable bonds is 5. The van der Waals surface area contributed by atoms with Crippen molar-refractivity contribution in [3.8, 4) is 0 Å². The highest BCUT2D eigenvalue weighted by Crippen LogP contribution is 2.32. The number of sulfonamides is 1. The van der Waals surface area contributed by atoms with Crippen LogP contribution in [-0.4, -0.2) is 49.0 Å². The standard InChI is InChI=1S/C21H24Cl2N2O4S/c1-13-4-6-18(8-16(13)9-21(26)27)30(28,29)25-14(2)11-24(12-15(25)3)17-5-7-19(22)20(23)10-17/h4-8,10,14-15H,9,11-12H2,1-3H3,(H,26,27). The molecule has 1 aliphatic heterocycles. The van der Waals surface area contributed by atoms with E-state index in [4.69, 9.17) is 28.3 Å². The van der Waals surface area contributed by atoms with E-state index in [9.17, 15) is 13.2 Å². The molecule has 3 rings (SSSR count). The Morgan fingerprint density at radius 2 is 1.70 bits per heavy atom. The van der Waals surface area contributed by atoms with E-state index in [2.05, 4.69) is 4.90 Å². The van der Waals surface area contributed by atoms with Crippen molar-refractivity contribution < 1.29 is 18.3 Å². The van der Waals surface area contributed by atoms with Crippen molar-refractivity contribution >= 4 is 44.9 Å². The molecular weight excluding hydrogens is 447 g/mol. The van der Waals surface area contributed by atoms with Gasteiger partial charge in [0.1, 0.15) is 0 Å². The van der Waals surface area contributed by atoms with E-state index in [0.29, 0.717) is 28.7 Å². The van der Waals surface area contributed by atoms with Crippen LogP contribution in [0.1, 0.15) is 25.0 Å². The van der Waals surface area contributed by atoms with Gasteiger partial charge >= 0.3 is 5.97 Å². The fraction of sp³-hybridized carbons (Fsp3) is 0.381. The fourth-order valence-corrected chi connectivity index (χ4v) is 6.11. The Balaban J connectivity index is 1.89. The second-order valence-corrected chi connectivity index (χ2v) is 10.4. The van der Waals surface area contributed by atoms with Crippen LogP contribution in [0.3, 0.4) is 0 Å². The average molecular weight is 471 g/mol. The molecule has 0 bridgehead atoms. The van der Waals surface area contributed by atoms with Crippen LogP contribution in [0.4, 0.5) is 5.69 Å². The Labute approximate surface area is 187 Å². The number of aryl methyl sites for hydroxylation is 1. The van der Waals surface area contributed by atoms with Gasteiger partial charge in [-0.2, -0.15) is 4.31 Å². The molecule has 0 aromatic heterocycles. The van der Waals surface area contributed by atoms with Gasteiger partial charge < -0.3 is 10.0 Å². The highest BCUT2D eigenvalue weighted by Gasteiger charge is 2.38. The molecule has 1 N–H and O–H groups in total. The number of anilines is 1. The zero-order valence-corrected chi connectivity index (χ0v) is 19.3. The minimum absolute atomic E-state index is 0.117. The maximum absolute atomic E-state index is 13.4. The van der Waals surface area contributed by atoms with E-state index in [1.807, 2.05) is 19.9 Å². The summed E-state index contributed by atoms with van der Waals surface area (Å²) in [4.78, 5) is 13.3. The lowest BCUT2D eigenvalue weighted by Crippen LogP contribution is -2.58. The first-order chi connectivity index (χ1) is 14.0. The minimum Gasteiger partial charge on any atom is -0.481 e. The Morgan fingerprint density at radius 1 is 1.07 bits per heavy atom. The molecule has 2 aromatic rings. The largest absolute Gasteiger partial charge is 0.481 e. The summed E-state index contributed by atoms with van der Waals surface area (Å²) in [6.07, 6.45) is -0.217. The summed E-state index contributed by atoms with van der Waals surface area (Å²) in [5.41, 5.74) is 2.14. The van der Waals surface area contributed by atoms with Crippen molar-refractivity contribution in [1.29, 1.82) is 0 Å². The number of carboxylic acids is 1. The molecule has 0 aliphatic carbocycles. The molecule has 2 aromatic carbocycles. The molecular formula is C21H24Cl2N2O4S. The maximum Gasteiger partial charge on any atom is 0.307 e. The lowest BCUT2D eigenvalue weighted by Gasteiger charge is -2.44. The molecule has 9 heteroatoms. The van der Waals surface area contributed by atoms with Gasteiger partial charge in [-0.05, 0) is 62.2 Å². The molecule has 1 heterocycles. The smallest absolute Gasteiger partial charge is 0.307 e. The molecule has 2 atom stereocenters. The van der Waals surface area contributed by atoms with Crippen molar-refractivity contribution in [1.82, 2.24) is 4.31 Å². The first-order valence-corrected chi connectivity index (χ1v) is 11.7. The van der Waals surface area contributed by atoms with Crippen molar-refractivity contribution in [3.63, 3.8) is 0 Å². The zero-order valence-electron chi connectivity index (χ0n) is 17.0. The monoisotopic (exact) mass is 470 g/mol. The van der Waals surface area contributed by atoms with Crippen LogP contribution in [0.2, 0.25) is 10.0 Å². The van der Waals surface area contributed by atoms with Crippen LogP contribution >= 0.6 is 23.2 Å². The molecule has 162 valence electrons. The predicted molar refractivity (Wildman–Crippen MR) is 119 cm³/mol. The first-order valence-electron chi connectivity index (χ1n) is 9.55. The third-order valence-corrected chi connectivity index (χ3v) is 8.21. The third-order valence-electron chi connectivity index (χ3n) is 5.34. The van der Waals surface area contributed by atoms with Crippen molar-refractivity contribution in [2.75, 3.05) is 18.0 Å². The molecule has 1 fully saturated rings. The lowest BCUT2D eigenvalue weighted by molar-refractivity contribution is -0.136. The number of nitrogens with zero attached hydrogens (tertiary/aromatic N) is 2. The Bertz CT molecular complexity index is 1060. The Hall–Kier alpha value is -1.80. The van der Waals surface area contributed by atoms with Gasteiger partial charge in [-0.15, -0.1) is 0 Å². The SMILES string of the molecule is Cc1ccc(S(=O)(=O)N2C(C)CN(c3ccc(Cl)c(Cl)c3)CC2C)cc1CC(=O)O. The van der Waals surface area contributed by atoms with Gasteiger partial charge in [0, 0.05) is 30.9 Å². The number of halogens is 2. The molecule has 0 spiro atoms. The normalized spacial score (nSPS) is 20.4. The van der Waals surface area contributed by atoms with Gasteiger partial charge in [0.15, 0.2) is 0 Å². The van der Waals surface area contributed by atoms with E-state index in [0.717, 1.165) is 11.3 Å². The van der Waals surface area contributed by atoms with E-state index in [-0.39, 0.29) is 23.4 Å². The second kappa shape index (κ2) is 8.75. The first kappa shape index (κ1) is 22.9. The van der Waals surface area contributed by atoms with Gasteiger partial charge in [0.25, 0.3) is 0 Å². The summed E-state index contributed by atoms with van der Waals surface area (Å²) in [7, 11) is -3.79. The molecule has 0 saturated carbocycles. The summed E-state index contributed by atoms with van der Waals surface area (Å²) in [6, 6.07) is 9.47. The highest BCUT2D eigenvalue weighted by molar-refractivity contribution is 7.89. The Kier molecular flexibility index (Phi) is 6.67. The number of piperazine rings is 1. The number of hydrogen-bond donors (Lipinski definition) is 1. The van der Waals surface area contributed by atoms with Crippen LogP contribution in [0, 0.1) is 6.92 Å². The highest BCUT2D eigenvalue weighted by atomic mass is 35.5. The molecule has 30 heavy (non-hydrogen) atoms.